The maximum absolute atomic E-state index is 11.8. The summed E-state index contributed by atoms with van der Waals surface area (Å²) in [5.41, 5.74) is 0.645. The minimum atomic E-state index is -0.508. The Bertz CT molecular complexity index is 529. The van der Waals surface area contributed by atoms with Crippen molar-refractivity contribution in [3.05, 3.63) is 33.9 Å². The number of rotatable bonds is 8. The lowest BCUT2D eigenvalue weighted by molar-refractivity contribution is -0.385. The molecule has 6 heteroatoms. The van der Waals surface area contributed by atoms with Gasteiger partial charge in [-0.2, -0.15) is 0 Å². The van der Waals surface area contributed by atoms with Gasteiger partial charge in [-0.15, -0.1) is 0 Å². The Hall–Kier alpha value is -2.11. The summed E-state index contributed by atoms with van der Waals surface area (Å²) in [7, 11) is 0. The van der Waals surface area contributed by atoms with Gasteiger partial charge in [0.15, 0.2) is 12.4 Å². The molecule has 0 bridgehead atoms. The summed E-state index contributed by atoms with van der Waals surface area (Å²) in [6.07, 6.45) is 1.93. The summed E-state index contributed by atoms with van der Waals surface area (Å²) in [5.74, 6) is 0.428. The second kappa shape index (κ2) is 8.36. The molecule has 1 rings (SSSR count). The SMILES string of the molecule is Cc1ccc(OCC(=O)NC(C)CCC(C)C)c([N+](=O)[O-])c1. The van der Waals surface area contributed by atoms with Crippen LogP contribution in [0.4, 0.5) is 5.69 Å². The number of nitrogens with zero attached hydrogens (tertiary/aromatic N) is 1. The molecule has 0 aliphatic heterocycles. The highest BCUT2D eigenvalue weighted by atomic mass is 16.6. The Balaban J connectivity index is 2.52. The Kier molecular flexibility index (Phi) is 6.82. The van der Waals surface area contributed by atoms with Crippen molar-refractivity contribution in [1.82, 2.24) is 5.32 Å². The monoisotopic (exact) mass is 308 g/mol. The summed E-state index contributed by atoms with van der Waals surface area (Å²) >= 11 is 0. The smallest absolute Gasteiger partial charge is 0.311 e. The zero-order valence-corrected chi connectivity index (χ0v) is 13.6. The minimum Gasteiger partial charge on any atom is -0.477 e. The summed E-state index contributed by atoms with van der Waals surface area (Å²) < 4.78 is 5.29. The molecule has 22 heavy (non-hydrogen) atoms. The third-order valence-electron chi connectivity index (χ3n) is 3.25. The Morgan fingerprint density at radius 1 is 1.32 bits per heavy atom. The number of amides is 1. The molecule has 0 saturated heterocycles. The van der Waals surface area contributed by atoms with Crippen LogP contribution >= 0.6 is 0 Å². The maximum atomic E-state index is 11.8. The van der Waals surface area contributed by atoms with E-state index < -0.39 is 4.92 Å². The molecule has 1 aromatic rings. The van der Waals surface area contributed by atoms with Crippen LogP contribution in [0.25, 0.3) is 0 Å². The molecule has 0 aromatic heterocycles. The van der Waals surface area contributed by atoms with Gasteiger partial charge >= 0.3 is 5.69 Å². The predicted octanol–water partition coefficient (Wildman–Crippen LogP) is 3.22. The number of ether oxygens (including phenoxy) is 1. The molecule has 1 aromatic carbocycles. The van der Waals surface area contributed by atoms with E-state index in [1.54, 1.807) is 13.0 Å². The van der Waals surface area contributed by atoms with Gasteiger partial charge in [0, 0.05) is 12.1 Å². The highest BCUT2D eigenvalue weighted by Crippen LogP contribution is 2.27. The zero-order valence-electron chi connectivity index (χ0n) is 13.6. The Morgan fingerprint density at radius 2 is 2.00 bits per heavy atom. The number of nitro groups is 1. The number of carbonyl (C=O) groups excluding carboxylic acids is 1. The van der Waals surface area contributed by atoms with Gasteiger partial charge in [0.2, 0.25) is 0 Å². The molecule has 0 radical (unpaired) electrons. The number of nitro benzene ring substituents is 1. The van der Waals surface area contributed by atoms with E-state index in [9.17, 15) is 14.9 Å². The summed E-state index contributed by atoms with van der Waals surface area (Å²) in [6, 6.07) is 4.72. The summed E-state index contributed by atoms with van der Waals surface area (Å²) in [4.78, 5) is 22.3. The van der Waals surface area contributed by atoms with Crippen molar-refractivity contribution in [3.63, 3.8) is 0 Å². The van der Waals surface area contributed by atoms with Crippen molar-refractivity contribution in [2.24, 2.45) is 5.92 Å². The van der Waals surface area contributed by atoms with Crippen LogP contribution in [0.1, 0.15) is 39.2 Å². The van der Waals surface area contributed by atoms with Gasteiger partial charge in [-0.25, -0.2) is 0 Å². The molecule has 6 nitrogen and oxygen atoms in total. The van der Waals surface area contributed by atoms with Crippen LogP contribution in [0.5, 0.6) is 5.75 Å². The average Bonchev–Trinajstić information content (AvgIpc) is 2.43. The van der Waals surface area contributed by atoms with Crippen molar-refractivity contribution in [2.45, 2.75) is 46.6 Å². The zero-order chi connectivity index (χ0) is 16.7. The average molecular weight is 308 g/mol. The molecule has 0 spiro atoms. The topological polar surface area (TPSA) is 81.5 Å². The van der Waals surface area contributed by atoms with E-state index >= 15 is 0 Å². The van der Waals surface area contributed by atoms with Gasteiger partial charge in [0.25, 0.3) is 5.91 Å². The molecular formula is C16H24N2O4. The summed E-state index contributed by atoms with van der Waals surface area (Å²) in [6.45, 7) is 7.74. The molecule has 1 atom stereocenters. The fourth-order valence-electron chi connectivity index (χ4n) is 2.01. The standard InChI is InChI=1S/C16H24N2O4/c1-11(2)5-7-13(4)17-16(19)10-22-15-8-6-12(3)9-14(15)18(20)21/h6,8-9,11,13H,5,7,10H2,1-4H3,(H,17,19). The lowest BCUT2D eigenvalue weighted by Gasteiger charge is -2.15. The van der Waals surface area contributed by atoms with E-state index in [1.807, 2.05) is 6.92 Å². The molecule has 0 aliphatic carbocycles. The molecule has 0 saturated carbocycles. The second-order valence-corrected chi connectivity index (χ2v) is 5.96. The largest absolute Gasteiger partial charge is 0.477 e. The first-order chi connectivity index (χ1) is 10.3. The van der Waals surface area contributed by atoms with Crippen LogP contribution in [-0.4, -0.2) is 23.5 Å². The van der Waals surface area contributed by atoms with Crippen LogP contribution in [0, 0.1) is 23.0 Å². The van der Waals surface area contributed by atoms with Gasteiger partial charge in [-0.05, 0) is 44.2 Å². The normalized spacial score (nSPS) is 12.0. The van der Waals surface area contributed by atoms with Crippen molar-refractivity contribution in [3.8, 4) is 5.75 Å². The molecule has 0 fully saturated rings. The number of nitrogens with one attached hydrogen (secondary N) is 1. The van der Waals surface area contributed by atoms with Gasteiger partial charge in [0.05, 0.1) is 4.92 Å². The van der Waals surface area contributed by atoms with Crippen molar-refractivity contribution in [1.29, 1.82) is 0 Å². The number of benzene rings is 1. The highest BCUT2D eigenvalue weighted by Gasteiger charge is 2.16. The lowest BCUT2D eigenvalue weighted by atomic mass is 10.0. The minimum absolute atomic E-state index is 0.0616. The maximum Gasteiger partial charge on any atom is 0.311 e. The first-order valence-electron chi connectivity index (χ1n) is 7.46. The van der Waals surface area contributed by atoms with Gasteiger partial charge in [-0.1, -0.05) is 19.9 Å². The fourth-order valence-corrected chi connectivity index (χ4v) is 2.01. The van der Waals surface area contributed by atoms with Crippen LogP contribution in [0.15, 0.2) is 18.2 Å². The highest BCUT2D eigenvalue weighted by molar-refractivity contribution is 5.78. The second-order valence-electron chi connectivity index (χ2n) is 5.96. The molecule has 1 unspecified atom stereocenters. The molecular weight excluding hydrogens is 284 g/mol. The van der Waals surface area contributed by atoms with Gasteiger partial charge in [-0.3, -0.25) is 14.9 Å². The molecule has 1 amide bonds. The van der Waals surface area contributed by atoms with Gasteiger partial charge in [0.1, 0.15) is 0 Å². The Labute approximate surface area is 131 Å². The van der Waals surface area contributed by atoms with E-state index in [-0.39, 0.29) is 30.0 Å². The molecule has 0 aliphatic rings. The van der Waals surface area contributed by atoms with E-state index in [4.69, 9.17) is 4.74 Å². The Morgan fingerprint density at radius 3 is 2.59 bits per heavy atom. The lowest BCUT2D eigenvalue weighted by Crippen LogP contribution is -2.36. The molecule has 0 heterocycles. The molecule has 122 valence electrons. The number of aryl methyl sites for hydroxylation is 1. The van der Waals surface area contributed by atoms with Crippen LogP contribution < -0.4 is 10.1 Å². The van der Waals surface area contributed by atoms with Crippen LogP contribution in [0.3, 0.4) is 0 Å². The van der Waals surface area contributed by atoms with Gasteiger partial charge < -0.3 is 10.1 Å². The third-order valence-corrected chi connectivity index (χ3v) is 3.25. The number of hydrogen-bond acceptors (Lipinski definition) is 4. The van der Waals surface area contributed by atoms with E-state index in [1.165, 1.54) is 12.1 Å². The fraction of sp³-hybridized carbons (Fsp3) is 0.562. The summed E-state index contributed by atoms with van der Waals surface area (Å²) in [5, 5.41) is 13.8. The van der Waals surface area contributed by atoms with Crippen molar-refractivity contribution >= 4 is 11.6 Å². The molecule has 1 N–H and O–H groups in total. The van der Waals surface area contributed by atoms with E-state index in [0.29, 0.717) is 5.92 Å². The first-order valence-corrected chi connectivity index (χ1v) is 7.46. The van der Waals surface area contributed by atoms with Crippen LogP contribution in [0.2, 0.25) is 0 Å². The number of hydrogen-bond donors (Lipinski definition) is 1. The van der Waals surface area contributed by atoms with Crippen molar-refractivity contribution in [2.75, 3.05) is 6.61 Å². The number of carbonyl (C=O) groups is 1. The van der Waals surface area contributed by atoms with E-state index in [0.717, 1.165) is 18.4 Å². The third kappa shape index (κ3) is 6.11. The van der Waals surface area contributed by atoms with E-state index in [2.05, 4.69) is 19.2 Å². The van der Waals surface area contributed by atoms with Crippen molar-refractivity contribution < 1.29 is 14.5 Å². The first kappa shape index (κ1) is 17.9. The quantitative estimate of drug-likeness (QED) is 0.590. The predicted molar refractivity (Wildman–Crippen MR) is 85.0 cm³/mol. The van der Waals surface area contributed by atoms with Crippen LogP contribution in [-0.2, 0) is 4.79 Å².